The van der Waals surface area contributed by atoms with Gasteiger partial charge in [0.1, 0.15) is 0 Å². The molecule has 0 aromatic heterocycles. The number of aryl methyl sites for hydroxylation is 1. The van der Waals surface area contributed by atoms with Crippen molar-refractivity contribution in [3.63, 3.8) is 0 Å². The summed E-state index contributed by atoms with van der Waals surface area (Å²) in [6.45, 7) is 6.80. The molecular formula is C16H24ClN. The minimum absolute atomic E-state index is 0.588. The Balaban J connectivity index is 2.05. The molecule has 1 aromatic carbocycles. The van der Waals surface area contributed by atoms with Gasteiger partial charge in [0.05, 0.1) is 10.7 Å². The van der Waals surface area contributed by atoms with Gasteiger partial charge in [0.2, 0.25) is 0 Å². The van der Waals surface area contributed by atoms with Crippen molar-refractivity contribution in [1.82, 2.24) is 0 Å². The molecule has 2 unspecified atom stereocenters. The lowest BCUT2D eigenvalue weighted by atomic mass is 9.79. The summed E-state index contributed by atoms with van der Waals surface area (Å²) in [5.41, 5.74) is 2.38. The molecule has 100 valence electrons. The van der Waals surface area contributed by atoms with Gasteiger partial charge in [0.15, 0.2) is 0 Å². The zero-order valence-corrected chi connectivity index (χ0v) is 12.4. The number of benzene rings is 1. The van der Waals surface area contributed by atoms with E-state index in [-0.39, 0.29) is 0 Å². The highest BCUT2D eigenvalue weighted by Gasteiger charge is 2.24. The summed E-state index contributed by atoms with van der Waals surface area (Å²) in [6.07, 6.45) is 5.28. The summed E-state index contributed by atoms with van der Waals surface area (Å²) >= 11 is 6.29. The number of hydrogen-bond acceptors (Lipinski definition) is 1. The molecule has 2 atom stereocenters. The SMILES string of the molecule is Cc1cccc(Cl)c1NC1CCCC(C(C)C)C1. The molecule has 1 N–H and O–H groups in total. The fourth-order valence-electron chi connectivity index (χ4n) is 2.98. The third-order valence-electron chi connectivity index (χ3n) is 4.23. The number of rotatable bonds is 3. The maximum atomic E-state index is 6.29. The lowest BCUT2D eigenvalue weighted by Gasteiger charge is -2.33. The molecule has 0 amide bonds. The summed E-state index contributed by atoms with van der Waals surface area (Å²) < 4.78 is 0. The van der Waals surface area contributed by atoms with E-state index >= 15 is 0 Å². The van der Waals surface area contributed by atoms with E-state index in [0.717, 1.165) is 22.5 Å². The predicted octanol–water partition coefficient (Wildman–Crippen LogP) is 5.28. The van der Waals surface area contributed by atoms with Gasteiger partial charge >= 0.3 is 0 Å². The zero-order chi connectivity index (χ0) is 13.1. The van der Waals surface area contributed by atoms with E-state index < -0.39 is 0 Å². The molecule has 0 spiro atoms. The van der Waals surface area contributed by atoms with E-state index in [0.29, 0.717) is 6.04 Å². The van der Waals surface area contributed by atoms with Crippen LogP contribution in [0, 0.1) is 18.8 Å². The lowest BCUT2D eigenvalue weighted by molar-refractivity contribution is 0.264. The second-order valence-corrected chi connectivity index (χ2v) is 6.35. The van der Waals surface area contributed by atoms with E-state index in [2.05, 4.69) is 32.2 Å². The second kappa shape index (κ2) is 5.97. The van der Waals surface area contributed by atoms with Gasteiger partial charge in [-0.05, 0) is 43.2 Å². The Hall–Kier alpha value is -0.690. The molecule has 1 aliphatic carbocycles. The van der Waals surface area contributed by atoms with Crippen molar-refractivity contribution in [2.75, 3.05) is 5.32 Å². The van der Waals surface area contributed by atoms with Crippen molar-refractivity contribution < 1.29 is 0 Å². The van der Waals surface area contributed by atoms with Gasteiger partial charge in [-0.3, -0.25) is 0 Å². The molecule has 0 heterocycles. The van der Waals surface area contributed by atoms with Crippen molar-refractivity contribution in [2.24, 2.45) is 11.8 Å². The third-order valence-corrected chi connectivity index (χ3v) is 4.54. The first-order chi connectivity index (χ1) is 8.58. The van der Waals surface area contributed by atoms with Crippen LogP contribution in [0.25, 0.3) is 0 Å². The number of para-hydroxylation sites is 1. The topological polar surface area (TPSA) is 12.0 Å². The van der Waals surface area contributed by atoms with Gasteiger partial charge in [-0.15, -0.1) is 0 Å². The van der Waals surface area contributed by atoms with E-state index in [1.807, 2.05) is 12.1 Å². The summed E-state index contributed by atoms with van der Waals surface area (Å²) in [5.74, 6) is 1.65. The van der Waals surface area contributed by atoms with E-state index in [1.165, 1.54) is 31.2 Å². The first kappa shape index (κ1) is 13.7. The third kappa shape index (κ3) is 3.20. The summed E-state index contributed by atoms with van der Waals surface area (Å²) in [7, 11) is 0. The quantitative estimate of drug-likeness (QED) is 0.785. The van der Waals surface area contributed by atoms with Crippen LogP contribution < -0.4 is 5.32 Å². The van der Waals surface area contributed by atoms with E-state index in [9.17, 15) is 0 Å². The number of anilines is 1. The summed E-state index contributed by atoms with van der Waals surface area (Å²) in [5, 5.41) is 4.52. The average Bonchev–Trinajstić information content (AvgIpc) is 2.34. The minimum Gasteiger partial charge on any atom is -0.381 e. The van der Waals surface area contributed by atoms with Crippen LogP contribution in [-0.4, -0.2) is 6.04 Å². The predicted molar refractivity (Wildman–Crippen MR) is 80.4 cm³/mol. The fourth-order valence-corrected chi connectivity index (χ4v) is 3.26. The van der Waals surface area contributed by atoms with E-state index in [4.69, 9.17) is 11.6 Å². The van der Waals surface area contributed by atoms with Gasteiger partial charge in [0.25, 0.3) is 0 Å². The van der Waals surface area contributed by atoms with Crippen molar-refractivity contribution in [1.29, 1.82) is 0 Å². The molecular weight excluding hydrogens is 242 g/mol. The van der Waals surface area contributed by atoms with Crippen molar-refractivity contribution in [2.45, 2.75) is 52.5 Å². The summed E-state index contributed by atoms with van der Waals surface area (Å²) in [4.78, 5) is 0. The lowest BCUT2D eigenvalue weighted by Crippen LogP contribution is -2.29. The monoisotopic (exact) mass is 265 g/mol. The molecule has 2 rings (SSSR count). The van der Waals surface area contributed by atoms with E-state index in [1.54, 1.807) is 0 Å². The van der Waals surface area contributed by atoms with Crippen molar-refractivity contribution in [3.05, 3.63) is 28.8 Å². The molecule has 0 radical (unpaired) electrons. The largest absolute Gasteiger partial charge is 0.381 e. The average molecular weight is 266 g/mol. The molecule has 1 aromatic rings. The van der Waals surface area contributed by atoms with Gasteiger partial charge < -0.3 is 5.32 Å². The van der Waals surface area contributed by atoms with Crippen LogP contribution in [0.5, 0.6) is 0 Å². The Labute approximate surface area is 116 Å². The highest BCUT2D eigenvalue weighted by molar-refractivity contribution is 6.33. The normalized spacial score (nSPS) is 24.3. The molecule has 0 saturated heterocycles. The molecule has 1 fully saturated rings. The van der Waals surface area contributed by atoms with Crippen LogP contribution in [-0.2, 0) is 0 Å². The van der Waals surface area contributed by atoms with Crippen LogP contribution in [0.15, 0.2) is 18.2 Å². The van der Waals surface area contributed by atoms with Crippen LogP contribution in [0.3, 0.4) is 0 Å². The first-order valence-corrected chi connectivity index (χ1v) is 7.47. The van der Waals surface area contributed by atoms with Crippen LogP contribution in [0.1, 0.15) is 45.1 Å². The molecule has 0 aliphatic heterocycles. The Morgan fingerprint density at radius 1 is 1.28 bits per heavy atom. The van der Waals surface area contributed by atoms with Gasteiger partial charge in [-0.1, -0.05) is 50.4 Å². The molecule has 0 bridgehead atoms. The first-order valence-electron chi connectivity index (χ1n) is 7.09. The van der Waals surface area contributed by atoms with Crippen LogP contribution in [0.4, 0.5) is 5.69 Å². The molecule has 2 heteroatoms. The number of halogens is 1. The molecule has 1 aliphatic rings. The van der Waals surface area contributed by atoms with Crippen molar-refractivity contribution >= 4 is 17.3 Å². The van der Waals surface area contributed by atoms with Crippen molar-refractivity contribution in [3.8, 4) is 0 Å². The highest BCUT2D eigenvalue weighted by Crippen LogP contribution is 2.34. The fraction of sp³-hybridized carbons (Fsp3) is 0.625. The minimum atomic E-state index is 0.588. The van der Waals surface area contributed by atoms with Gasteiger partial charge in [0, 0.05) is 6.04 Å². The Kier molecular flexibility index (Phi) is 4.55. The highest BCUT2D eigenvalue weighted by atomic mass is 35.5. The Bertz CT molecular complexity index is 380. The number of nitrogens with one attached hydrogen (secondary N) is 1. The molecule has 1 saturated carbocycles. The maximum Gasteiger partial charge on any atom is 0.0640 e. The number of hydrogen-bond donors (Lipinski definition) is 1. The zero-order valence-electron chi connectivity index (χ0n) is 11.7. The Morgan fingerprint density at radius 2 is 2.06 bits per heavy atom. The van der Waals surface area contributed by atoms with Gasteiger partial charge in [-0.2, -0.15) is 0 Å². The molecule has 1 nitrogen and oxygen atoms in total. The second-order valence-electron chi connectivity index (χ2n) is 5.94. The smallest absolute Gasteiger partial charge is 0.0640 e. The standard InChI is InChI=1S/C16H24ClN/c1-11(2)13-7-5-8-14(10-13)18-16-12(3)6-4-9-15(16)17/h4,6,9,11,13-14,18H,5,7-8,10H2,1-3H3. The van der Waals surface area contributed by atoms with Crippen LogP contribution in [0.2, 0.25) is 5.02 Å². The Morgan fingerprint density at radius 3 is 2.72 bits per heavy atom. The maximum absolute atomic E-state index is 6.29. The van der Waals surface area contributed by atoms with Gasteiger partial charge in [-0.25, -0.2) is 0 Å². The summed E-state index contributed by atoms with van der Waals surface area (Å²) in [6, 6.07) is 6.70. The van der Waals surface area contributed by atoms with Crippen LogP contribution >= 0.6 is 11.6 Å². The molecule has 18 heavy (non-hydrogen) atoms.